The molecule has 5 nitrogen and oxygen atoms in total. The summed E-state index contributed by atoms with van der Waals surface area (Å²) in [6, 6.07) is 2.06. The lowest BCUT2D eigenvalue weighted by Gasteiger charge is -2.19. The first-order chi connectivity index (χ1) is 9.80. The minimum atomic E-state index is 0.276. The van der Waals surface area contributed by atoms with Gasteiger partial charge in [-0.3, -0.25) is 0 Å². The molecule has 0 bridgehead atoms. The second-order valence-electron chi connectivity index (χ2n) is 5.95. The van der Waals surface area contributed by atoms with Gasteiger partial charge in [-0.15, -0.1) is 0 Å². The fraction of sp³-hybridized carbons (Fsp3) is 0.733. The summed E-state index contributed by atoms with van der Waals surface area (Å²) in [5.74, 6) is 3.92. The molecule has 0 aromatic carbocycles. The lowest BCUT2D eigenvalue weighted by Crippen LogP contribution is -2.22. The molecule has 1 aliphatic carbocycles. The van der Waals surface area contributed by atoms with Gasteiger partial charge in [-0.2, -0.15) is 0 Å². The molecule has 1 aromatic rings. The zero-order valence-corrected chi connectivity index (χ0v) is 12.2. The second kappa shape index (κ2) is 5.95. The topological polar surface area (TPSA) is 61.3 Å². The van der Waals surface area contributed by atoms with Crippen LogP contribution in [-0.2, 0) is 0 Å². The Kier molecular flexibility index (Phi) is 4.05. The standard InChI is InChI=1S/C15H24N4O/c1-2-6-16-13-8-14(18-15(17-13)12-3-4-12)19-7-5-11(9-19)10-20/h8,11-12,20H,2-7,9-10H2,1H3,(H,16,17,18). The maximum Gasteiger partial charge on any atom is 0.136 e. The van der Waals surface area contributed by atoms with Crippen molar-refractivity contribution in [3.05, 3.63) is 11.9 Å². The molecule has 3 rings (SSSR count). The monoisotopic (exact) mass is 276 g/mol. The Morgan fingerprint density at radius 3 is 2.85 bits per heavy atom. The van der Waals surface area contributed by atoms with E-state index in [1.807, 2.05) is 0 Å². The Labute approximate surface area is 120 Å². The van der Waals surface area contributed by atoms with E-state index in [2.05, 4.69) is 28.2 Å². The van der Waals surface area contributed by atoms with E-state index >= 15 is 0 Å². The number of hydrogen-bond acceptors (Lipinski definition) is 5. The van der Waals surface area contributed by atoms with Crippen molar-refractivity contribution in [3.8, 4) is 0 Å². The number of aliphatic hydroxyl groups is 1. The second-order valence-corrected chi connectivity index (χ2v) is 5.95. The lowest BCUT2D eigenvalue weighted by molar-refractivity contribution is 0.238. The van der Waals surface area contributed by atoms with E-state index in [1.165, 1.54) is 12.8 Å². The van der Waals surface area contributed by atoms with E-state index in [4.69, 9.17) is 4.98 Å². The average Bonchev–Trinajstić information content (AvgIpc) is 3.22. The minimum Gasteiger partial charge on any atom is -0.396 e. The van der Waals surface area contributed by atoms with Crippen LogP contribution in [0.2, 0.25) is 0 Å². The van der Waals surface area contributed by atoms with Crippen LogP contribution in [0.25, 0.3) is 0 Å². The number of aromatic nitrogens is 2. The maximum atomic E-state index is 9.28. The summed E-state index contributed by atoms with van der Waals surface area (Å²) >= 11 is 0. The van der Waals surface area contributed by atoms with Gasteiger partial charge in [0, 0.05) is 44.1 Å². The maximum absolute atomic E-state index is 9.28. The Morgan fingerprint density at radius 2 is 2.20 bits per heavy atom. The molecule has 1 saturated carbocycles. The van der Waals surface area contributed by atoms with Crippen LogP contribution < -0.4 is 10.2 Å². The summed E-state index contributed by atoms with van der Waals surface area (Å²) in [5, 5.41) is 12.7. The van der Waals surface area contributed by atoms with Crippen molar-refractivity contribution in [2.45, 2.75) is 38.5 Å². The fourth-order valence-electron chi connectivity index (χ4n) is 2.67. The third-order valence-electron chi connectivity index (χ3n) is 4.10. The lowest BCUT2D eigenvalue weighted by atomic mass is 10.1. The summed E-state index contributed by atoms with van der Waals surface area (Å²) in [6.07, 6.45) is 4.58. The molecule has 1 saturated heterocycles. The Bertz CT molecular complexity index is 461. The van der Waals surface area contributed by atoms with E-state index in [0.717, 1.165) is 49.9 Å². The Hall–Kier alpha value is -1.36. The Morgan fingerprint density at radius 1 is 1.35 bits per heavy atom. The van der Waals surface area contributed by atoms with E-state index < -0.39 is 0 Å². The SMILES string of the molecule is CCCNc1cc(N2CCC(CO)C2)nc(C2CC2)n1. The predicted molar refractivity (Wildman–Crippen MR) is 80.2 cm³/mol. The summed E-state index contributed by atoms with van der Waals surface area (Å²) in [7, 11) is 0. The van der Waals surface area contributed by atoms with Crippen LogP contribution in [0.15, 0.2) is 6.07 Å². The van der Waals surface area contributed by atoms with Crippen molar-refractivity contribution in [3.63, 3.8) is 0 Å². The molecular formula is C15H24N4O. The highest BCUT2D eigenvalue weighted by atomic mass is 16.3. The van der Waals surface area contributed by atoms with Gasteiger partial charge in [-0.25, -0.2) is 9.97 Å². The molecule has 110 valence electrons. The molecule has 0 amide bonds. The van der Waals surface area contributed by atoms with Gasteiger partial charge < -0.3 is 15.3 Å². The van der Waals surface area contributed by atoms with E-state index in [9.17, 15) is 5.11 Å². The smallest absolute Gasteiger partial charge is 0.136 e. The molecule has 2 fully saturated rings. The van der Waals surface area contributed by atoms with Crippen LogP contribution in [0.4, 0.5) is 11.6 Å². The third-order valence-corrected chi connectivity index (χ3v) is 4.10. The number of aliphatic hydroxyl groups excluding tert-OH is 1. The molecule has 2 heterocycles. The van der Waals surface area contributed by atoms with Gasteiger partial charge in [-0.05, 0) is 25.7 Å². The molecular weight excluding hydrogens is 252 g/mol. The van der Waals surface area contributed by atoms with Gasteiger partial charge in [0.25, 0.3) is 0 Å². The molecule has 1 atom stereocenters. The fourth-order valence-corrected chi connectivity index (χ4v) is 2.67. The van der Waals surface area contributed by atoms with Crippen molar-refractivity contribution in [1.82, 2.24) is 9.97 Å². The van der Waals surface area contributed by atoms with Crippen molar-refractivity contribution in [1.29, 1.82) is 0 Å². The summed E-state index contributed by atoms with van der Waals surface area (Å²) < 4.78 is 0. The highest BCUT2D eigenvalue weighted by Crippen LogP contribution is 2.39. The van der Waals surface area contributed by atoms with E-state index in [-0.39, 0.29) is 6.61 Å². The van der Waals surface area contributed by atoms with Crippen LogP contribution in [0, 0.1) is 5.92 Å². The van der Waals surface area contributed by atoms with Crippen molar-refractivity contribution >= 4 is 11.6 Å². The molecule has 2 N–H and O–H groups in total. The quantitative estimate of drug-likeness (QED) is 0.832. The molecule has 1 unspecified atom stereocenters. The van der Waals surface area contributed by atoms with Crippen LogP contribution in [-0.4, -0.2) is 41.3 Å². The van der Waals surface area contributed by atoms with Crippen molar-refractivity contribution in [2.75, 3.05) is 36.5 Å². The number of nitrogens with zero attached hydrogens (tertiary/aromatic N) is 3. The van der Waals surface area contributed by atoms with Crippen molar-refractivity contribution in [2.24, 2.45) is 5.92 Å². The zero-order valence-electron chi connectivity index (χ0n) is 12.2. The summed E-state index contributed by atoms with van der Waals surface area (Å²) in [5.41, 5.74) is 0. The number of hydrogen-bond donors (Lipinski definition) is 2. The molecule has 20 heavy (non-hydrogen) atoms. The van der Waals surface area contributed by atoms with Crippen LogP contribution in [0.5, 0.6) is 0 Å². The molecule has 0 radical (unpaired) electrons. The predicted octanol–water partition coefficient (Wildman–Crippen LogP) is 1.99. The average molecular weight is 276 g/mol. The molecule has 2 aliphatic rings. The third kappa shape index (κ3) is 3.03. The van der Waals surface area contributed by atoms with Crippen LogP contribution in [0.1, 0.15) is 44.3 Å². The van der Waals surface area contributed by atoms with E-state index in [0.29, 0.717) is 11.8 Å². The van der Waals surface area contributed by atoms with Gasteiger partial charge in [0.05, 0.1) is 0 Å². The number of anilines is 2. The minimum absolute atomic E-state index is 0.276. The largest absolute Gasteiger partial charge is 0.396 e. The van der Waals surface area contributed by atoms with E-state index in [1.54, 1.807) is 0 Å². The summed E-state index contributed by atoms with van der Waals surface area (Å²) in [4.78, 5) is 11.7. The van der Waals surface area contributed by atoms with Gasteiger partial charge in [0.15, 0.2) is 0 Å². The Balaban J connectivity index is 1.79. The highest BCUT2D eigenvalue weighted by Gasteiger charge is 2.29. The van der Waals surface area contributed by atoms with Crippen LogP contribution in [0.3, 0.4) is 0 Å². The number of rotatable bonds is 6. The molecule has 0 spiro atoms. The van der Waals surface area contributed by atoms with Gasteiger partial charge >= 0.3 is 0 Å². The molecule has 5 heteroatoms. The van der Waals surface area contributed by atoms with Crippen LogP contribution >= 0.6 is 0 Å². The van der Waals surface area contributed by atoms with Gasteiger partial charge in [-0.1, -0.05) is 6.92 Å². The van der Waals surface area contributed by atoms with Gasteiger partial charge in [0.2, 0.25) is 0 Å². The van der Waals surface area contributed by atoms with Gasteiger partial charge in [0.1, 0.15) is 17.5 Å². The highest BCUT2D eigenvalue weighted by molar-refractivity contribution is 5.50. The zero-order chi connectivity index (χ0) is 13.9. The summed E-state index contributed by atoms with van der Waals surface area (Å²) in [6.45, 7) is 5.27. The number of nitrogens with one attached hydrogen (secondary N) is 1. The first-order valence-corrected chi connectivity index (χ1v) is 7.78. The first-order valence-electron chi connectivity index (χ1n) is 7.78. The first kappa shape index (κ1) is 13.6. The molecule has 1 aromatic heterocycles. The van der Waals surface area contributed by atoms with Crippen molar-refractivity contribution < 1.29 is 5.11 Å². The normalized spacial score (nSPS) is 22.3. The molecule has 1 aliphatic heterocycles.